The fourth-order valence-electron chi connectivity index (χ4n) is 1.89. The van der Waals surface area contributed by atoms with E-state index in [4.69, 9.17) is 9.47 Å². The van der Waals surface area contributed by atoms with Crippen LogP contribution in [0.25, 0.3) is 6.08 Å². The Labute approximate surface area is 151 Å². The quantitative estimate of drug-likeness (QED) is 0.300. The number of hydrogen-bond donors (Lipinski definition) is 1. The van der Waals surface area contributed by atoms with Gasteiger partial charge in [0.15, 0.2) is 11.5 Å². The molecule has 0 aromatic heterocycles. The summed E-state index contributed by atoms with van der Waals surface area (Å²) in [5.41, 5.74) is 0.701. The second kappa shape index (κ2) is 10.5. The van der Waals surface area contributed by atoms with E-state index in [0.29, 0.717) is 34.7 Å². The van der Waals surface area contributed by atoms with E-state index in [1.54, 1.807) is 18.2 Å². The maximum atomic E-state index is 12.0. The summed E-state index contributed by atoms with van der Waals surface area (Å²) in [6, 6.07) is 5.40. The Morgan fingerprint density at radius 2 is 2.25 bits per heavy atom. The SMILES string of the molecule is C=CCOc1c(Br)cc(/C=C(\C#N)C(=O)NCCCC)cc1OC. The van der Waals surface area contributed by atoms with Crippen LogP contribution in [-0.2, 0) is 4.79 Å². The molecular weight excluding hydrogens is 372 g/mol. The number of nitrogens with one attached hydrogen (secondary N) is 1. The molecule has 6 heteroatoms. The predicted molar refractivity (Wildman–Crippen MR) is 97.9 cm³/mol. The highest BCUT2D eigenvalue weighted by Gasteiger charge is 2.13. The number of ether oxygens (including phenoxy) is 2. The van der Waals surface area contributed by atoms with E-state index in [1.165, 1.54) is 13.2 Å². The van der Waals surface area contributed by atoms with Crippen LogP contribution in [0.2, 0.25) is 0 Å². The molecular formula is C18H21BrN2O3. The van der Waals surface area contributed by atoms with Gasteiger partial charge in [-0.05, 0) is 46.1 Å². The molecule has 0 bridgehead atoms. The topological polar surface area (TPSA) is 71.3 Å². The van der Waals surface area contributed by atoms with Crippen LogP contribution in [-0.4, -0.2) is 26.2 Å². The number of methoxy groups -OCH3 is 1. The molecule has 1 aromatic rings. The van der Waals surface area contributed by atoms with Crippen molar-refractivity contribution in [2.24, 2.45) is 0 Å². The van der Waals surface area contributed by atoms with Crippen molar-refractivity contribution in [3.8, 4) is 17.6 Å². The van der Waals surface area contributed by atoms with E-state index in [9.17, 15) is 10.1 Å². The number of nitrogens with zero attached hydrogens (tertiary/aromatic N) is 1. The monoisotopic (exact) mass is 392 g/mol. The van der Waals surface area contributed by atoms with Gasteiger partial charge >= 0.3 is 0 Å². The first-order valence-electron chi connectivity index (χ1n) is 7.58. The lowest BCUT2D eigenvalue weighted by Crippen LogP contribution is -2.25. The minimum Gasteiger partial charge on any atom is -0.493 e. The molecule has 0 fully saturated rings. The second-order valence-electron chi connectivity index (χ2n) is 4.91. The maximum Gasteiger partial charge on any atom is 0.261 e. The number of rotatable bonds is 9. The first-order valence-corrected chi connectivity index (χ1v) is 8.37. The summed E-state index contributed by atoms with van der Waals surface area (Å²) < 4.78 is 11.5. The highest BCUT2D eigenvalue weighted by molar-refractivity contribution is 9.10. The molecule has 0 saturated heterocycles. The summed E-state index contributed by atoms with van der Waals surface area (Å²) in [7, 11) is 1.53. The molecule has 0 aliphatic rings. The van der Waals surface area contributed by atoms with Gasteiger partial charge in [-0.3, -0.25) is 4.79 Å². The van der Waals surface area contributed by atoms with Crippen LogP contribution in [0.4, 0.5) is 0 Å². The Bertz CT molecular complexity index is 663. The number of halogens is 1. The molecule has 0 aliphatic carbocycles. The Hall–Kier alpha value is -2.26. The lowest BCUT2D eigenvalue weighted by atomic mass is 10.1. The van der Waals surface area contributed by atoms with Crippen molar-refractivity contribution >= 4 is 27.9 Å². The van der Waals surface area contributed by atoms with Crippen LogP contribution in [0, 0.1) is 11.3 Å². The van der Waals surface area contributed by atoms with E-state index >= 15 is 0 Å². The van der Waals surface area contributed by atoms with E-state index < -0.39 is 0 Å². The number of unbranched alkanes of at least 4 members (excludes halogenated alkanes) is 1. The normalized spacial score (nSPS) is 10.7. The van der Waals surface area contributed by atoms with Gasteiger partial charge in [-0.15, -0.1) is 0 Å². The number of carbonyl (C=O) groups is 1. The first kappa shape index (κ1) is 19.8. The van der Waals surface area contributed by atoms with Gasteiger partial charge in [-0.1, -0.05) is 26.0 Å². The standard InChI is InChI=1S/C18H21BrN2O3/c1-4-6-7-21-18(22)14(12-20)9-13-10-15(19)17(24-8-5-2)16(11-13)23-3/h5,9-11H,2,4,6-8H2,1,3H3,(H,21,22)/b14-9+. The Morgan fingerprint density at radius 1 is 1.50 bits per heavy atom. The van der Waals surface area contributed by atoms with Crippen LogP contribution in [0.5, 0.6) is 11.5 Å². The number of nitriles is 1. The van der Waals surface area contributed by atoms with Crippen LogP contribution in [0.1, 0.15) is 25.3 Å². The molecule has 0 aliphatic heterocycles. The van der Waals surface area contributed by atoms with Crippen molar-refractivity contribution in [3.05, 3.63) is 40.4 Å². The third-order valence-corrected chi connectivity index (χ3v) is 3.68. The smallest absolute Gasteiger partial charge is 0.261 e. The lowest BCUT2D eigenvalue weighted by Gasteiger charge is -2.12. The zero-order valence-electron chi connectivity index (χ0n) is 13.9. The molecule has 0 saturated carbocycles. The summed E-state index contributed by atoms with van der Waals surface area (Å²) in [6.07, 6.45) is 5.00. The minimum absolute atomic E-state index is 0.0415. The molecule has 1 aromatic carbocycles. The van der Waals surface area contributed by atoms with E-state index in [0.717, 1.165) is 12.8 Å². The predicted octanol–water partition coefficient (Wildman–Crippen LogP) is 3.85. The number of amides is 1. The Balaban J connectivity index is 3.07. The van der Waals surface area contributed by atoms with Gasteiger partial charge in [0.1, 0.15) is 18.2 Å². The van der Waals surface area contributed by atoms with Gasteiger partial charge in [0.25, 0.3) is 5.91 Å². The molecule has 5 nitrogen and oxygen atoms in total. The molecule has 0 unspecified atom stereocenters. The van der Waals surface area contributed by atoms with Crippen LogP contribution in [0.3, 0.4) is 0 Å². The second-order valence-corrected chi connectivity index (χ2v) is 5.77. The number of carbonyl (C=O) groups excluding carboxylic acids is 1. The molecule has 24 heavy (non-hydrogen) atoms. The van der Waals surface area contributed by atoms with Gasteiger partial charge in [-0.2, -0.15) is 5.26 Å². The minimum atomic E-state index is -0.381. The molecule has 1 N–H and O–H groups in total. The van der Waals surface area contributed by atoms with E-state index in [-0.39, 0.29) is 11.5 Å². The fourth-order valence-corrected chi connectivity index (χ4v) is 2.47. The van der Waals surface area contributed by atoms with Crippen LogP contribution < -0.4 is 14.8 Å². The third-order valence-electron chi connectivity index (χ3n) is 3.09. The Morgan fingerprint density at radius 3 is 2.83 bits per heavy atom. The van der Waals surface area contributed by atoms with Gasteiger partial charge in [-0.25, -0.2) is 0 Å². The van der Waals surface area contributed by atoms with E-state index in [2.05, 4.69) is 27.8 Å². The molecule has 0 spiro atoms. The lowest BCUT2D eigenvalue weighted by molar-refractivity contribution is -0.117. The molecule has 128 valence electrons. The molecule has 1 rings (SSSR count). The largest absolute Gasteiger partial charge is 0.493 e. The highest BCUT2D eigenvalue weighted by atomic mass is 79.9. The molecule has 1 amide bonds. The van der Waals surface area contributed by atoms with Crippen molar-refractivity contribution in [1.82, 2.24) is 5.32 Å². The Kier molecular flexibility index (Phi) is 8.66. The van der Waals surface area contributed by atoms with Crippen molar-refractivity contribution in [2.45, 2.75) is 19.8 Å². The molecule has 0 atom stereocenters. The average Bonchev–Trinajstić information content (AvgIpc) is 2.58. The highest BCUT2D eigenvalue weighted by Crippen LogP contribution is 2.37. The van der Waals surface area contributed by atoms with Gasteiger partial charge in [0.2, 0.25) is 0 Å². The van der Waals surface area contributed by atoms with Crippen LogP contribution >= 0.6 is 15.9 Å². The van der Waals surface area contributed by atoms with Crippen molar-refractivity contribution in [2.75, 3.05) is 20.3 Å². The molecule has 0 radical (unpaired) electrons. The summed E-state index contributed by atoms with van der Waals surface area (Å²) in [4.78, 5) is 12.0. The van der Waals surface area contributed by atoms with E-state index in [1.807, 2.05) is 13.0 Å². The molecule has 0 heterocycles. The summed E-state index contributed by atoms with van der Waals surface area (Å²) in [5, 5.41) is 12.0. The fraction of sp³-hybridized carbons (Fsp3) is 0.333. The van der Waals surface area contributed by atoms with Gasteiger partial charge < -0.3 is 14.8 Å². The van der Waals surface area contributed by atoms with Gasteiger partial charge in [0, 0.05) is 6.54 Å². The van der Waals surface area contributed by atoms with Crippen LogP contribution in [0.15, 0.2) is 34.8 Å². The van der Waals surface area contributed by atoms with Crippen molar-refractivity contribution in [3.63, 3.8) is 0 Å². The van der Waals surface area contributed by atoms with Gasteiger partial charge in [0.05, 0.1) is 11.6 Å². The zero-order chi connectivity index (χ0) is 17.9. The third kappa shape index (κ3) is 5.74. The maximum absolute atomic E-state index is 12.0. The first-order chi connectivity index (χ1) is 11.6. The van der Waals surface area contributed by atoms with Crippen molar-refractivity contribution < 1.29 is 14.3 Å². The zero-order valence-corrected chi connectivity index (χ0v) is 15.5. The van der Waals surface area contributed by atoms with Crippen molar-refractivity contribution in [1.29, 1.82) is 5.26 Å². The average molecular weight is 393 g/mol. The number of hydrogen-bond acceptors (Lipinski definition) is 4. The summed E-state index contributed by atoms with van der Waals surface area (Å²) in [6.45, 7) is 6.53. The number of benzene rings is 1. The summed E-state index contributed by atoms with van der Waals surface area (Å²) in [5.74, 6) is 0.662. The summed E-state index contributed by atoms with van der Waals surface area (Å²) >= 11 is 3.42.